The molecule has 1 saturated heterocycles. The smallest absolute Gasteiger partial charge is 0.351 e. The van der Waals surface area contributed by atoms with Gasteiger partial charge in [-0.3, -0.25) is 4.79 Å². The van der Waals surface area contributed by atoms with Crippen LogP contribution >= 0.6 is 11.8 Å². The zero-order chi connectivity index (χ0) is 19.2. The van der Waals surface area contributed by atoms with E-state index in [1.165, 1.54) is 22.5 Å². The first-order valence-electron chi connectivity index (χ1n) is 7.87. The van der Waals surface area contributed by atoms with Crippen molar-refractivity contribution in [1.82, 2.24) is 9.62 Å². The quantitative estimate of drug-likeness (QED) is 0.733. The molecule has 1 aromatic carbocycles. The Balaban J connectivity index is 1.80. The van der Waals surface area contributed by atoms with Crippen LogP contribution in [0.5, 0.6) is 0 Å². The van der Waals surface area contributed by atoms with Gasteiger partial charge >= 0.3 is 6.18 Å². The van der Waals surface area contributed by atoms with Crippen LogP contribution in [-0.2, 0) is 21.0 Å². The minimum absolute atomic E-state index is 0.0256. The highest BCUT2D eigenvalue weighted by atomic mass is 32.2. The van der Waals surface area contributed by atoms with Crippen molar-refractivity contribution in [2.75, 3.05) is 36.9 Å². The first kappa shape index (κ1) is 20.8. The van der Waals surface area contributed by atoms with Crippen LogP contribution in [0, 0.1) is 0 Å². The molecule has 0 bridgehead atoms. The number of alkyl halides is 3. The van der Waals surface area contributed by atoms with Crippen LogP contribution < -0.4 is 5.32 Å². The summed E-state index contributed by atoms with van der Waals surface area (Å²) in [6.07, 6.45) is -1.88. The van der Waals surface area contributed by atoms with Gasteiger partial charge in [-0.1, -0.05) is 12.1 Å². The number of hydrogen-bond donors (Lipinski definition) is 1. The Kier molecular flexibility index (Phi) is 7.13. The molecule has 1 aliphatic rings. The number of thioether (sulfide) groups is 1. The number of nitrogens with one attached hydrogen (secondary N) is 1. The molecule has 1 fully saturated rings. The maximum Gasteiger partial charge on any atom is 0.416 e. The van der Waals surface area contributed by atoms with Gasteiger partial charge in [0.15, 0.2) is 0 Å². The van der Waals surface area contributed by atoms with Crippen molar-refractivity contribution in [3.63, 3.8) is 0 Å². The van der Waals surface area contributed by atoms with E-state index in [1.54, 1.807) is 11.8 Å². The number of nitrogens with zero attached hydrogens (tertiary/aromatic N) is 1. The average molecular weight is 408 g/mol. The van der Waals surface area contributed by atoms with E-state index in [-0.39, 0.29) is 12.3 Å². The summed E-state index contributed by atoms with van der Waals surface area (Å²) in [6.45, 7) is 0.936. The van der Waals surface area contributed by atoms with Gasteiger partial charge in [0.05, 0.1) is 11.3 Å². The van der Waals surface area contributed by atoms with Gasteiger partial charge in [0.2, 0.25) is 15.9 Å². The van der Waals surface area contributed by atoms with Crippen molar-refractivity contribution in [1.29, 1.82) is 0 Å². The van der Waals surface area contributed by atoms with Gasteiger partial charge in [-0.05, 0) is 23.8 Å². The molecular weight excluding hydrogens is 389 g/mol. The van der Waals surface area contributed by atoms with Gasteiger partial charge in [0, 0.05) is 37.2 Å². The first-order chi connectivity index (χ1) is 12.2. The Hall–Kier alpha value is -1.52. The molecule has 10 heteroatoms. The van der Waals surface area contributed by atoms with Gasteiger partial charge in [-0.2, -0.15) is 24.9 Å². The maximum absolute atomic E-state index is 12.5. The summed E-state index contributed by atoms with van der Waals surface area (Å²) in [7, 11) is -3.39. The number of hydrogen-bond acceptors (Lipinski definition) is 4. The molecule has 1 aliphatic heterocycles. The SMILES string of the molecule is O=C(/C=C/c1ccc(C(F)(F)F)cc1)NCCS(=O)(=O)N1CCSCC1. The standard InChI is InChI=1S/C16H19F3N2O3S2/c17-16(18,19)14-4-1-13(2-5-14)3-6-15(22)20-7-12-26(23,24)21-8-10-25-11-9-21/h1-6H,7-12H2,(H,20,22)/b6-3+. The van der Waals surface area contributed by atoms with Crippen molar-refractivity contribution in [3.8, 4) is 0 Å². The third-order valence-electron chi connectivity index (χ3n) is 3.69. The molecule has 0 spiro atoms. The summed E-state index contributed by atoms with van der Waals surface area (Å²) in [5, 5.41) is 2.47. The highest BCUT2D eigenvalue weighted by molar-refractivity contribution is 7.99. The summed E-state index contributed by atoms with van der Waals surface area (Å²) >= 11 is 1.70. The number of carbonyl (C=O) groups is 1. The van der Waals surface area contributed by atoms with Crippen LogP contribution in [0.3, 0.4) is 0 Å². The Morgan fingerprint density at radius 1 is 1.19 bits per heavy atom. The summed E-state index contributed by atoms with van der Waals surface area (Å²) < 4.78 is 63.1. The Morgan fingerprint density at radius 2 is 1.81 bits per heavy atom. The lowest BCUT2D eigenvalue weighted by molar-refractivity contribution is -0.137. The third kappa shape index (κ3) is 6.33. The van der Waals surface area contributed by atoms with Crippen LogP contribution in [0.4, 0.5) is 13.2 Å². The fourth-order valence-corrected chi connectivity index (χ4v) is 4.76. The van der Waals surface area contributed by atoms with E-state index >= 15 is 0 Å². The lowest BCUT2D eigenvalue weighted by Gasteiger charge is -2.25. The summed E-state index contributed by atoms with van der Waals surface area (Å²) in [5.74, 6) is 0.842. The molecule has 5 nitrogen and oxygen atoms in total. The molecule has 1 N–H and O–H groups in total. The highest BCUT2D eigenvalue weighted by Gasteiger charge is 2.29. The second-order valence-electron chi connectivity index (χ2n) is 5.57. The number of benzene rings is 1. The first-order valence-corrected chi connectivity index (χ1v) is 10.6. The van der Waals surface area contributed by atoms with Crippen molar-refractivity contribution >= 4 is 33.8 Å². The second-order valence-corrected chi connectivity index (χ2v) is 8.88. The molecule has 0 aliphatic carbocycles. The van der Waals surface area contributed by atoms with Gasteiger partial charge in [-0.25, -0.2) is 12.7 Å². The predicted molar refractivity (Wildman–Crippen MR) is 96.2 cm³/mol. The summed E-state index contributed by atoms with van der Waals surface area (Å²) in [4.78, 5) is 11.7. The molecule has 0 atom stereocenters. The summed E-state index contributed by atoms with van der Waals surface area (Å²) in [6, 6.07) is 4.37. The maximum atomic E-state index is 12.5. The lowest BCUT2D eigenvalue weighted by atomic mass is 10.1. The molecule has 144 valence electrons. The van der Waals surface area contributed by atoms with Crippen LogP contribution in [0.25, 0.3) is 6.08 Å². The Bertz CT molecular complexity index is 741. The minimum Gasteiger partial charge on any atom is -0.351 e. The molecular formula is C16H19F3N2O3S2. The number of rotatable bonds is 6. The van der Waals surface area contributed by atoms with Gasteiger partial charge in [0.25, 0.3) is 0 Å². The number of sulfonamides is 1. The molecule has 2 rings (SSSR count). The van der Waals surface area contributed by atoms with Crippen LogP contribution in [0.1, 0.15) is 11.1 Å². The third-order valence-corrected chi connectivity index (χ3v) is 6.50. The second kappa shape index (κ2) is 8.92. The zero-order valence-corrected chi connectivity index (χ0v) is 15.5. The van der Waals surface area contributed by atoms with Gasteiger partial charge in [0.1, 0.15) is 0 Å². The van der Waals surface area contributed by atoms with E-state index in [1.807, 2.05) is 0 Å². The van der Waals surface area contributed by atoms with E-state index in [2.05, 4.69) is 5.32 Å². The lowest BCUT2D eigenvalue weighted by Crippen LogP contribution is -2.41. The molecule has 0 unspecified atom stereocenters. The fraction of sp³-hybridized carbons (Fsp3) is 0.438. The minimum atomic E-state index is -4.40. The van der Waals surface area contributed by atoms with E-state index in [0.717, 1.165) is 29.7 Å². The van der Waals surface area contributed by atoms with Gasteiger partial charge < -0.3 is 5.32 Å². The number of halogens is 3. The Morgan fingerprint density at radius 3 is 2.38 bits per heavy atom. The Labute approximate surface area is 154 Å². The van der Waals surface area contributed by atoms with Crippen LogP contribution in [0.2, 0.25) is 0 Å². The normalized spacial score (nSPS) is 16.7. The van der Waals surface area contributed by atoms with E-state index in [9.17, 15) is 26.4 Å². The van der Waals surface area contributed by atoms with Crippen molar-refractivity contribution in [2.24, 2.45) is 0 Å². The summed E-state index contributed by atoms with van der Waals surface area (Å²) in [5.41, 5.74) is -0.327. The molecule has 1 heterocycles. The van der Waals surface area contributed by atoms with E-state index in [4.69, 9.17) is 0 Å². The molecule has 26 heavy (non-hydrogen) atoms. The van der Waals surface area contributed by atoms with Crippen LogP contribution in [0.15, 0.2) is 30.3 Å². The van der Waals surface area contributed by atoms with Gasteiger partial charge in [-0.15, -0.1) is 0 Å². The zero-order valence-electron chi connectivity index (χ0n) is 13.8. The molecule has 0 saturated carbocycles. The van der Waals surface area contributed by atoms with Crippen molar-refractivity contribution in [2.45, 2.75) is 6.18 Å². The molecule has 0 radical (unpaired) electrons. The molecule has 1 aromatic rings. The van der Waals surface area contributed by atoms with E-state index in [0.29, 0.717) is 18.7 Å². The highest BCUT2D eigenvalue weighted by Crippen LogP contribution is 2.29. The predicted octanol–water partition coefficient (Wildman–Crippen LogP) is 2.21. The molecule has 0 aromatic heterocycles. The molecule has 1 amide bonds. The topological polar surface area (TPSA) is 66.5 Å². The number of carbonyl (C=O) groups excluding carboxylic acids is 1. The van der Waals surface area contributed by atoms with E-state index < -0.39 is 27.7 Å². The monoisotopic (exact) mass is 408 g/mol. The average Bonchev–Trinajstić information content (AvgIpc) is 2.60. The number of amides is 1. The largest absolute Gasteiger partial charge is 0.416 e. The van der Waals surface area contributed by atoms with Crippen molar-refractivity contribution < 1.29 is 26.4 Å². The fourth-order valence-electron chi connectivity index (χ4n) is 2.27. The van der Waals surface area contributed by atoms with Crippen LogP contribution in [-0.4, -0.2) is 55.5 Å². The van der Waals surface area contributed by atoms with Crippen molar-refractivity contribution in [3.05, 3.63) is 41.5 Å².